The average Bonchev–Trinajstić information content (AvgIpc) is 3.40. The predicted octanol–water partition coefficient (Wildman–Crippen LogP) is 10.5. The fourth-order valence-electron chi connectivity index (χ4n) is 10.5. The lowest BCUT2D eigenvalue weighted by molar-refractivity contribution is -0.0941. The highest BCUT2D eigenvalue weighted by molar-refractivity contribution is 6.09. The summed E-state index contributed by atoms with van der Waals surface area (Å²) in [5, 5.41) is 2.08. The quantitative estimate of drug-likeness (QED) is 0.183. The van der Waals surface area contributed by atoms with Gasteiger partial charge < -0.3 is 28.4 Å². The molecule has 1 fully saturated rings. The van der Waals surface area contributed by atoms with E-state index in [0.717, 1.165) is 57.6 Å². The highest BCUT2D eigenvalue weighted by Crippen LogP contribution is 2.67. The number of rotatable bonds is 5. The zero-order chi connectivity index (χ0) is 36.0. The van der Waals surface area contributed by atoms with Crippen molar-refractivity contribution in [3.8, 4) is 39.9 Å². The van der Waals surface area contributed by atoms with Crippen molar-refractivity contribution < 1.29 is 28.4 Å². The summed E-state index contributed by atoms with van der Waals surface area (Å²) in [5.74, 6) is 3.77. The molecule has 1 unspecified atom stereocenters. The second-order valence-corrected chi connectivity index (χ2v) is 16.5. The molecule has 0 radical (unpaired) electrons. The Hall–Kier alpha value is -4.94. The zero-order valence-corrected chi connectivity index (χ0v) is 31.1. The van der Waals surface area contributed by atoms with Crippen LogP contribution in [0.1, 0.15) is 74.8 Å². The normalized spacial score (nSPS) is 20.8. The monoisotopic (exact) mass is 694 g/mol. The molecular formula is C46H46O6. The van der Waals surface area contributed by atoms with Crippen LogP contribution in [0.5, 0.6) is 28.7 Å². The van der Waals surface area contributed by atoms with Crippen LogP contribution in [0.4, 0.5) is 0 Å². The third-order valence-electron chi connectivity index (χ3n) is 11.8. The molecule has 2 aliphatic heterocycles. The van der Waals surface area contributed by atoms with E-state index in [1.807, 2.05) is 24.3 Å². The van der Waals surface area contributed by atoms with E-state index in [1.54, 1.807) is 21.3 Å². The second kappa shape index (κ2) is 11.5. The SMILES string of the molecule is COc1ccc(C2(c3ccc(OC)cc3)C=Cc3c4c(c5cc6c(cc5c3O2)OC(OC)CO6)-c2ccccc2C42CC(C)(C)CC(C)(C)C2)cc1. The van der Waals surface area contributed by atoms with Crippen molar-refractivity contribution in [1.82, 2.24) is 0 Å². The third-order valence-corrected chi connectivity index (χ3v) is 11.8. The van der Waals surface area contributed by atoms with Gasteiger partial charge in [-0.3, -0.25) is 0 Å². The first-order valence-electron chi connectivity index (χ1n) is 18.3. The number of ether oxygens (including phenoxy) is 6. The summed E-state index contributed by atoms with van der Waals surface area (Å²) in [7, 11) is 5.03. The first-order valence-corrected chi connectivity index (χ1v) is 18.3. The lowest BCUT2D eigenvalue weighted by Gasteiger charge is -2.52. The maximum absolute atomic E-state index is 7.66. The van der Waals surface area contributed by atoms with Gasteiger partial charge in [-0.1, -0.05) is 82.3 Å². The molecule has 1 atom stereocenters. The van der Waals surface area contributed by atoms with Gasteiger partial charge in [-0.25, -0.2) is 0 Å². The summed E-state index contributed by atoms with van der Waals surface area (Å²) in [6.45, 7) is 10.1. The summed E-state index contributed by atoms with van der Waals surface area (Å²) in [6.07, 6.45) is 7.34. The van der Waals surface area contributed by atoms with E-state index in [-0.39, 0.29) is 16.2 Å². The lowest BCUT2D eigenvalue weighted by Crippen LogP contribution is -2.44. The van der Waals surface area contributed by atoms with Crippen LogP contribution in [0.2, 0.25) is 0 Å². The molecule has 6 nitrogen and oxygen atoms in total. The van der Waals surface area contributed by atoms with Crippen LogP contribution < -0.4 is 23.7 Å². The van der Waals surface area contributed by atoms with Crippen molar-refractivity contribution in [3.05, 3.63) is 119 Å². The smallest absolute Gasteiger partial charge is 0.234 e. The largest absolute Gasteiger partial charge is 0.497 e. The molecule has 9 rings (SSSR count). The molecule has 266 valence electrons. The molecule has 0 amide bonds. The van der Waals surface area contributed by atoms with E-state index in [0.29, 0.717) is 18.1 Å². The van der Waals surface area contributed by atoms with Crippen LogP contribution in [0.15, 0.2) is 91.0 Å². The first-order chi connectivity index (χ1) is 25.0. The highest BCUT2D eigenvalue weighted by atomic mass is 16.7. The van der Waals surface area contributed by atoms with Crippen molar-refractivity contribution in [1.29, 1.82) is 0 Å². The Morgan fingerprint density at radius 1 is 0.692 bits per heavy atom. The molecule has 0 saturated heterocycles. The average molecular weight is 695 g/mol. The van der Waals surface area contributed by atoms with E-state index in [2.05, 4.69) is 101 Å². The van der Waals surface area contributed by atoms with E-state index in [4.69, 9.17) is 28.4 Å². The van der Waals surface area contributed by atoms with Crippen LogP contribution in [0.25, 0.3) is 28.0 Å². The van der Waals surface area contributed by atoms with Gasteiger partial charge in [-0.2, -0.15) is 0 Å². The number of fused-ring (bicyclic) bond motifs is 11. The Morgan fingerprint density at radius 3 is 1.92 bits per heavy atom. The molecule has 1 spiro atoms. The first kappa shape index (κ1) is 32.9. The van der Waals surface area contributed by atoms with E-state index >= 15 is 0 Å². The van der Waals surface area contributed by atoms with Crippen molar-refractivity contribution in [2.75, 3.05) is 27.9 Å². The van der Waals surface area contributed by atoms with Gasteiger partial charge in [0.05, 0.1) is 14.2 Å². The van der Waals surface area contributed by atoms with Gasteiger partial charge >= 0.3 is 0 Å². The topological polar surface area (TPSA) is 55.4 Å². The number of benzene rings is 5. The van der Waals surface area contributed by atoms with Gasteiger partial charge in [0.15, 0.2) is 23.7 Å². The van der Waals surface area contributed by atoms with E-state index in [1.165, 1.54) is 28.7 Å². The molecule has 52 heavy (non-hydrogen) atoms. The van der Waals surface area contributed by atoms with Crippen molar-refractivity contribution in [3.63, 3.8) is 0 Å². The second-order valence-electron chi connectivity index (χ2n) is 16.5. The standard InChI is InChI=1S/C46H46O6/c1-43(2)25-44(3,4)27-45(26-43)36-11-9-8-10-32(36)40-34-22-37-38(51-39(49-7)24-50-37)23-35(34)42-33(41(40)45)20-21-46(52-42,28-12-16-30(47-5)17-13-28)29-14-18-31(48-6)19-15-29/h8-23,39H,24-27H2,1-7H3. The molecule has 2 heterocycles. The van der Waals surface area contributed by atoms with Crippen molar-refractivity contribution in [2.45, 2.75) is 64.3 Å². The maximum atomic E-state index is 7.66. The van der Waals surface area contributed by atoms with Gasteiger partial charge in [-0.15, -0.1) is 0 Å². The Balaban J connectivity index is 1.38. The fourth-order valence-corrected chi connectivity index (χ4v) is 10.5. The zero-order valence-electron chi connectivity index (χ0n) is 31.1. The van der Waals surface area contributed by atoms with Gasteiger partial charge in [0.25, 0.3) is 0 Å². The van der Waals surface area contributed by atoms with Crippen molar-refractivity contribution in [2.24, 2.45) is 10.8 Å². The van der Waals surface area contributed by atoms with Crippen LogP contribution >= 0.6 is 0 Å². The summed E-state index contributed by atoms with van der Waals surface area (Å²) < 4.78 is 37.1. The van der Waals surface area contributed by atoms with Crippen LogP contribution in [0.3, 0.4) is 0 Å². The summed E-state index contributed by atoms with van der Waals surface area (Å²) >= 11 is 0. The molecule has 0 aromatic heterocycles. The Morgan fingerprint density at radius 2 is 1.31 bits per heavy atom. The predicted molar refractivity (Wildman–Crippen MR) is 205 cm³/mol. The molecule has 0 N–H and O–H groups in total. The number of hydrogen-bond donors (Lipinski definition) is 0. The third kappa shape index (κ3) is 4.87. The van der Waals surface area contributed by atoms with Crippen LogP contribution in [-0.2, 0) is 15.8 Å². The van der Waals surface area contributed by atoms with E-state index < -0.39 is 11.9 Å². The Bertz CT molecular complexity index is 2180. The summed E-state index contributed by atoms with van der Waals surface area (Å²) in [6, 6.07) is 29.7. The molecule has 0 bridgehead atoms. The minimum Gasteiger partial charge on any atom is -0.497 e. The molecular weight excluding hydrogens is 648 g/mol. The maximum Gasteiger partial charge on any atom is 0.234 e. The van der Waals surface area contributed by atoms with Gasteiger partial charge in [0.1, 0.15) is 17.2 Å². The lowest BCUT2D eigenvalue weighted by atomic mass is 9.52. The molecule has 4 aliphatic rings. The summed E-state index contributed by atoms with van der Waals surface area (Å²) in [5.41, 5.74) is 7.52. The summed E-state index contributed by atoms with van der Waals surface area (Å²) in [4.78, 5) is 0. The molecule has 2 aliphatic carbocycles. The number of methoxy groups -OCH3 is 3. The fraction of sp³-hybridized carbons (Fsp3) is 0.348. The molecule has 1 saturated carbocycles. The van der Waals surface area contributed by atoms with Gasteiger partial charge in [0, 0.05) is 34.6 Å². The van der Waals surface area contributed by atoms with Crippen LogP contribution in [-0.4, -0.2) is 34.2 Å². The number of hydrogen-bond acceptors (Lipinski definition) is 6. The molecule has 6 heteroatoms. The van der Waals surface area contributed by atoms with Crippen LogP contribution in [0, 0.1) is 10.8 Å². The Labute approximate surface area is 306 Å². The molecule has 5 aromatic carbocycles. The van der Waals surface area contributed by atoms with Gasteiger partial charge in [-0.05, 0) is 100 Å². The minimum absolute atomic E-state index is 0.121. The van der Waals surface area contributed by atoms with Gasteiger partial charge in [0.2, 0.25) is 6.29 Å². The highest BCUT2D eigenvalue weighted by Gasteiger charge is 2.55. The minimum atomic E-state index is -0.946. The Kier molecular flexibility index (Phi) is 7.30. The van der Waals surface area contributed by atoms with E-state index in [9.17, 15) is 0 Å². The molecule has 5 aromatic rings. The van der Waals surface area contributed by atoms with Crippen molar-refractivity contribution >= 4 is 16.8 Å².